The quantitative estimate of drug-likeness (QED) is 0.470. The number of carboxylic acids is 1. The largest absolute Gasteiger partial charge is 0.477 e. The summed E-state index contributed by atoms with van der Waals surface area (Å²) in [6, 6.07) is 6.37. The smallest absolute Gasteiger partial charge is 0.356 e. The van der Waals surface area contributed by atoms with Crippen molar-refractivity contribution in [3.63, 3.8) is 0 Å². The molecule has 11 heteroatoms. The van der Waals surface area contributed by atoms with E-state index < -0.39 is 17.5 Å². The Morgan fingerprint density at radius 2 is 1.86 bits per heavy atom. The monoisotopic (exact) mass is 483 g/mol. The first-order valence-electron chi connectivity index (χ1n) is 10.9. The van der Waals surface area contributed by atoms with Crippen LogP contribution in [0.4, 0.5) is 5.82 Å². The van der Waals surface area contributed by atoms with Gasteiger partial charge in [0.1, 0.15) is 11.4 Å². The summed E-state index contributed by atoms with van der Waals surface area (Å²) in [5.74, 6) is -2.09. The minimum Gasteiger partial charge on any atom is -0.477 e. The van der Waals surface area contributed by atoms with E-state index in [0.717, 1.165) is 29.0 Å². The molecule has 11 nitrogen and oxygen atoms in total. The van der Waals surface area contributed by atoms with E-state index in [0.29, 0.717) is 5.56 Å². The number of anilines is 1. The highest BCUT2D eigenvalue weighted by molar-refractivity contribution is 5.93. The molecule has 1 aliphatic rings. The highest BCUT2D eigenvalue weighted by Gasteiger charge is 2.26. The summed E-state index contributed by atoms with van der Waals surface area (Å²) < 4.78 is 11.1. The van der Waals surface area contributed by atoms with Crippen molar-refractivity contribution >= 4 is 29.4 Å². The molecule has 0 fully saturated rings. The highest BCUT2D eigenvalue weighted by atomic mass is 16.6. The van der Waals surface area contributed by atoms with E-state index in [1.807, 2.05) is 39.8 Å². The van der Waals surface area contributed by atoms with Gasteiger partial charge in [0.05, 0.1) is 12.7 Å². The lowest BCUT2D eigenvalue weighted by Crippen LogP contribution is -2.24. The zero-order valence-corrected chi connectivity index (χ0v) is 20.3. The number of aromatic nitrogens is 3. The van der Waals surface area contributed by atoms with Crippen LogP contribution in [0.1, 0.15) is 81.3 Å². The molecule has 0 amide bonds. The lowest BCUT2D eigenvalue weighted by Gasteiger charge is -2.21. The Hall–Kier alpha value is -3.99. The second-order valence-electron chi connectivity index (χ2n) is 9.12. The Labute approximate surface area is 202 Å². The number of nitrogens with two attached hydrogens (primary N) is 2. The van der Waals surface area contributed by atoms with Crippen molar-refractivity contribution in [3.05, 3.63) is 57.9 Å². The molecule has 1 aromatic carbocycles. The van der Waals surface area contributed by atoms with Crippen LogP contribution in [-0.4, -0.2) is 50.3 Å². The molecule has 0 spiro atoms. The van der Waals surface area contributed by atoms with Crippen LogP contribution in [-0.2, 0) is 15.9 Å². The summed E-state index contributed by atoms with van der Waals surface area (Å²) >= 11 is 0. The summed E-state index contributed by atoms with van der Waals surface area (Å²) in [6.45, 7) is 7.62. The van der Waals surface area contributed by atoms with E-state index >= 15 is 0 Å². The Balaban J connectivity index is 0.000000196. The third kappa shape index (κ3) is 5.57. The number of hydrogen-bond acceptors (Lipinski definition) is 9. The van der Waals surface area contributed by atoms with E-state index in [1.54, 1.807) is 0 Å². The number of nitrogens with zero attached hydrogens (tertiary/aromatic N) is 3. The highest BCUT2D eigenvalue weighted by Crippen LogP contribution is 2.33. The van der Waals surface area contributed by atoms with Gasteiger partial charge in [0.15, 0.2) is 17.0 Å². The number of benzene rings is 1. The first-order valence-corrected chi connectivity index (χ1v) is 10.9. The topological polar surface area (TPSA) is 172 Å². The van der Waals surface area contributed by atoms with Crippen LogP contribution in [0.3, 0.4) is 0 Å². The van der Waals surface area contributed by atoms with Gasteiger partial charge in [-0.3, -0.25) is 0 Å². The second kappa shape index (κ2) is 9.71. The Morgan fingerprint density at radius 1 is 1.17 bits per heavy atom. The number of methoxy groups -OCH3 is 1. The van der Waals surface area contributed by atoms with Gasteiger partial charge in [0, 0.05) is 18.2 Å². The third-order valence-corrected chi connectivity index (χ3v) is 5.42. The van der Waals surface area contributed by atoms with Crippen molar-refractivity contribution in [3.8, 4) is 0 Å². The first-order chi connectivity index (χ1) is 16.3. The molecule has 1 atom stereocenters. The van der Waals surface area contributed by atoms with Gasteiger partial charge < -0.3 is 26.0 Å². The molecule has 2 aromatic heterocycles. The van der Waals surface area contributed by atoms with Crippen LogP contribution in [0.25, 0.3) is 5.65 Å². The van der Waals surface area contributed by atoms with Gasteiger partial charge in [0.25, 0.3) is 0 Å². The average Bonchev–Trinajstić information content (AvgIpc) is 3.34. The second-order valence-corrected chi connectivity index (χ2v) is 9.12. The number of nitrogen functional groups attached to an aromatic ring is 1. The maximum Gasteiger partial charge on any atom is 0.356 e. The first kappa shape index (κ1) is 25.6. The SMILES string of the molecule is COC(=O)c1cc(C(=O)O)nc2cc(N)nn12.Cc1c(C(=O)OC(C)(C)C)ccc2c1CC[C@@H]2N. The molecule has 0 bridgehead atoms. The molecule has 0 aliphatic heterocycles. The molecule has 4 rings (SSSR count). The third-order valence-electron chi connectivity index (χ3n) is 5.42. The zero-order valence-electron chi connectivity index (χ0n) is 20.3. The van der Waals surface area contributed by atoms with E-state index in [9.17, 15) is 14.4 Å². The van der Waals surface area contributed by atoms with Crippen LogP contribution in [0.2, 0.25) is 0 Å². The Morgan fingerprint density at radius 3 is 2.46 bits per heavy atom. The molecular weight excluding hydrogens is 454 g/mol. The van der Waals surface area contributed by atoms with Gasteiger partial charge in [0.2, 0.25) is 0 Å². The van der Waals surface area contributed by atoms with Crippen LogP contribution in [0.15, 0.2) is 24.3 Å². The predicted octanol–water partition coefficient (Wildman–Crippen LogP) is 2.69. The lowest BCUT2D eigenvalue weighted by atomic mass is 9.98. The van der Waals surface area contributed by atoms with Gasteiger partial charge >= 0.3 is 17.9 Å². The van der Waals surface area contributed by atoms with Crippen LogP contribution in [0.5, 0.6) is 0 Å². The van der Waals surface area contributed by atoms with E-state index in [-0.39, 0.29) is 34.9 Å². The van der Waals surface area contributed by atoms with Crippen molar-refractivity contribution in [2.75, 3.05) is 12.8 Å². The summed E-state index contributed by atoms with van der Waals surface area (Å²) in [4.78, 5) is 38.2. The number of carbonyl (C=O) groups excluding carboxylic acids is 2. The average molecular weight is 484 g/mol. The van der Waals surface area contributed by atoms with Crippen LogP contribution < -0.4 is 11.5 Å². The van der Waals surface area contributed by atoms with Crippen molar-refractivity contribution in [1.82, 2.24) is 14.6 Å². The zero-order chi connectivity index (χ0) is 26.1. The molecule has 186 valence electrons. The normalized spacial score (nSPS) is 14.6. The summed E-state index contributed by atoms with van der Waals surface area (Å²) in [5, 5.41) is 12.7. The van der Waals surface area contributed by atoms with E-state index in [2.05, 4.69) is 14.8 Å². The van der Waals surface area contributed by atoms with Gasteiger partial charge in [-0.2, -0.15) is 0 Å². The minimum absolute atomic E-state index is 0.0494. The number of esters is 2. The fourth-order valence-corrected chi connectivity index (χ4v) is 3.82. The Bertz CT molecular complexity index is 1310. The van der Waals surface area contributed by atoms with Gasteiger partial charge in [-0.05, 0) is 63.3 Å². The fourth-order valence-electron chi connectivity index (χ4n) is 3.82. The molecule has 2 heterocycles. The number of rotatable bonds is 3. The standard InChI is InChI=1S/C15H21NO2.C9H8N4O4/c1-9-10-7-8-13(16)12(10)6-5-11(9)14(17)18-15(2,3)4;1-17-9(16)5-2-4(8(14)15)11-7-3-6(10)12-13(5)7/h5-6,13H,7-8,16H2,1-4H3;2-3H,1H3,(H2,10,12)(H,14,15)/t13-;/m0./s1. The molecule has 0 saturated carbocycles. The van der Waals surface area contributed by atoms with Crippen molar-refractivity contribution in [2.24, 2.45) is 5.73 Å². The van der Waals surface area contributed by atoms with E-state index in [4.69, 9.17) is 21.3 Å². The summed E-state index contributed by atoms with van der Waals surface area (Å²) in [7, 11) is 1.18. The number of fused-ring (bicyclic) bond motifs is 2. The van der Waals surface area contributed by atoms with Crippen LogP contribution >= 0.6 is 0 Å². The van der Waals surface area contributed by atoms with Crippen molar-refractivity contribution in [2.45, 2.75) is 52.2 Å². The molecule has 5 N–H and O–H groups in total. The molecule has 35 heavy (non-hydrogen) atoms. The number of hydrogen-bond donors (Lipinski definition) is 3. The summed E-state index contributed by atoms with van der Waals surface area (Å²) in [5.41, 5.74) is 15.0. The molecule has 0 saturated heterocycles. The maximum atomic E-state index is 12.1. The Kier molecular flexibility index (Phi) is 7.11. The van der Waals surface area contributed by atoms with Crippen molar-refractivity contribution < 1.29 is 29.0 Å². The van der Waals surface area contributed by atoms with E-state index in [1.165, 1.54) is 24.3 Å². The lowest BCUT2D eigenvalue weighted by molar-refractivity contribution is 0.00682. The summed E-state index contributed by atoms with van der Waals surface area (Å²) in [6.07, 6.45) is 1.92. The molecule has 0 unspecified atom stereocenters. The predicted molar refractivity (Wildman–Crippen MR) is 127 cm³/mol. The number of aromatic carboxylic acids is 1. The molecule has 3 aromatic rings. The maximum absolute atomic E-state index is 12.1. The minimum atomic E-state index is -1.25. The van der Waals surface area contributed by atoms with Gasteiger partial charge in [-0.25, -0.2) is 23.9 Å². The fraction of sp³-hybridized carbons (Fsp3) is 0.375. The van der Waals surface area contributed by atoms with Gasteiger partial charge in [-0.1, -0.05) is 6.07 Å². The molecular formula is C24H29N5O6. The molecule has 0 radical (unpaired) electrons. The van der Waals surface area contributed by atoms with Crippen LogP contribution in [0, 0.1) is 6.92 Å². The van der Waals surface area contributed by atoms with Gasteiger partial charge in [-0.15, -0.1) is 5.10 Å². The number of carbonyl (C=O) groups is 3. The van der Waals surface area contributed by atoms with Crippen molar-refractivity contribution in [1.29, 1.82) is 0 Å². The molecule has 1 aliphatic carbocycles. The number of ether oxygens (including phenoxy) is 2. The number of carboxylic acid groups (broad SMARTS) is 1.